The van der Waals surface area contributed by atoms with Crippen LogP contribution in [0.1, 0.15) is 0 Å². The molecule has 0 aliphatic rings. The van der Waals surface area contributed by atoms with E-state index in [1.165, 1.54) is 65.7 Å². The van der Waals surface area contributed by atoms with Gasteiger partial charge in [-0.15, -0.1) is 0 Å². The highest BCUT2D eigenvalue weighted by atomic mass is 16.3. The molecule has 0 aliphatic carbocycles. The van der Waals surface area contributed by atoms with Crippen molar-refractivity contribution >= 4 is 71.3 Å². The molecule has 0 spiro atoms. The summed E-state index contributed by atoms with van der Waals surface area (Å²) in [5.41, 5.74) is 14.6. The Morgan fingerprint density at radius 3 is 1.05 bits per heavy atom. The quantitative estimate of drug-likeness (QED) is 0.150. The molecule has 0 fully saturated rings. The zero-order chi connectivity index (χ0) is 41.0. The maximum atomic E-state index is 6.13. The second-order valence-corrected chi connectivity index (χ2v) is 16.1. The highest BCUT2D eigenvalue weighted by Gasteiger charge is 2.16. The van der Waals surface area contributed by atoms with Gasteiger partial charge >= 0.3 is 0 Å². The summed E-state index contributed by atoms with van der Waals surface area (Å²) in [6.45, 7) is 0. The Morgan fingerprint density at radius 1 is 0.210 bits per heavy atom. The van der Waals surface area contributed by atoms with Crippen molar-refractivity contribution in [1.29, 1.82) is 0 Å². The fraction of sp³-hybridized carbons (Fsp3) is 0. The summed E-state index contributed by atoms with van der Waals surface area (Å²) in [5, 5.41) is 9.97. The molecule has 62 heavy (non-hydrogen) atoms. The monoisotopic (exact) mass is 789 g/mol. The first-order valence-electron chi connectivity index (χ1n) is 21.2. The lowest BCUT2D eigenvalue weighted by molar-refractivity contribution is 0.669. The van der Waals surface area contributed by atoms with Crippen molar-refractivity contribution in [2.24, 2.45) is 0 Å². The van der Waals surface area contributed by atoms with Crippen molar-refractivity contribution in [1.82, 2.24) is 0 Å². The summed E-state index contributed by atoms with van der Waals surface area (Å²) < 4.78 is 6.13. The van der Waals surface area contributed by atoms with Crippen molar-refractivity contribution in [2.75, 3.05) is 4.90 Å². The topological polar surface area (TPSA) is 16.4 Å². The summed E-state index contributed by atoms with van der Waals surface area (Å²) >= 11 is 0. The van der Waals surface area contributed by atoms with Gasteiger partial charge in [0.15, 0.2) is 0 Å². The van der Waals surface area contributed by atoms with Gasteiger partial charge in [0.25, 0.3) is 0 Å². The van der Waals surface area contributed by atoms with E-state index < -0.39 is 0 Å². The number of hydrogen-bond acceptors (Lipinski definition) is 2. The predicted molar refractivity (Wildman–Crippen MR) is 263 cm³/mol. The summed E-state index contributed by atoms with van der Waals surface area (Å²) in [6, 6.07) is 85.5. The Morgan fingerprint density at radius 2 is 0.532 bits per heavy atom. The van der Waals surface area contributed by atoms with Crippen LogP contribution < -0.4 is 4.90 Å². The van der Waals surface area contributed by atoms with Gasteiger partial charge < -0.3 is 9.32 Å². The zero-order valence-corrected chi connectivity index (χ0v) is 33.9. The molecule has 12 rings (SSSR count). The molecule has 0 radical (unpaired) electrons. The van der Waals surface area contributed by atoms with E-state index in [1.54, 1.807) is 0 Å². The van der Waals surface area contributed by atoms with Crippen molar-refractivity contribution in [3.05, 3.63) is 237 Å². The molecule has 0 amide bonds. The van der Waals surface area contributed by atoms with E-state index in [4.69, 9.17) is 4.42 Å². The minimum absolute atomic E-state index is 0.905. The molecular formula is C60H39NO. The zero-order valence-electron chi connectivity index (χ0n) is 33.9. The highest BCUT2D eigenvalue weighted by molar-refractivity contribution is 6.25. The Balaban J connectivity index is 0.914. The third-order valence-corrected chi connectivity index (χ3v) is 12.5. The molecule has 290 valence electrons. The SMILES string of the molecule is c1ccc(-c2ccc(-c3ccc(N(c4ccc(-c5ccc6oc7ccccc7c6c5)cc4)c4ccc(-c5ccc6c7ccccc7c7ccccc7c6c5)cc4)cc3)cc2)cc1. The lowest BCUT2D eigenvalue weighted by Gasteiger charge is -2.26. The molecule has 2 nitrogen and oxygen atoms in total. The fourth-order valence-corrected chi connectivity index (χ4v) is 9.33. The molecule has 2 heteroatoms. The average molecular weight is 790 g/mol. The van der Waals surface area contributed by atoms with Gasteiger partial charge in [-0.3, -0.25) is 0 Å². The van der Waals surface area contributed by atoms with Crippen LogP contribution in [0.3, 0.4) is 0 Å². The van der Waals surface area contributed by atoms with E-state index >= 15 is 0 Å². The molecule has 0 atom stereocenters. The number of furan rings is 1. The average Bonchev–Trinajstić information content (AvgIpc) is 3.73. The number of rotatable bonds is 7. The van der Waals surface area contributed by atoms with Gasteiger partial charge in [0.1, 0.15) is 11.2 Å². The number of benzene rings is 11. The summed E-state index contributed by atoms with van der Waals surface area (Å²) in [4.78, 5) is 2.35. The lowest BCUT2D eigenvalue weighted by Crippen LogP contribution is -2.09. The number of nitrogens with zero attached hydrogens (tertiary/aromatic N) is 1. The molecule has 0 N–H and O–H groups in total. The van der Waals surface area contributed by atoms with Crippen LogP contribution >= 0.6 is 0 Å². The number of anilines is 3. The van der Waals surface area contributed by atoms with Gasteiger partial charge in [-0.05, 0) is 137 Å². The van der Waals surface area contributed by atoms with Gasteiger partial charge in [0.2, 0.25) is 0 Å². The highest BCUT2D eigenvalue weighted by Crippen LogP contribution is 2.41. The van der Waals surface area contributed by atoms with Crippen LogP contribution in [0.5, 0.6) is 0 Å². The lowest BCUT2D eigenvalue weighted by atomic mass is 9.92. The molecule has 11 aromatic carbocycles. The number of para-hydroxylation sites is 1. The van der Waals surface area contributed by atoms with E-state index in [0.717, 1.165) is 50.1 Å². The summed E-state index contributed by atoms with van der Waals surface area (Å²) in [5.74, 6) is 0. The summed E-state index contributed by atoms with van der Waals surface area (Å²) in [6.07, 6.45) is 0. The van der Waals surface area contributed by atoms with Crippen LogP contribution in [-0.2, 0) is 0 Å². The minimum Gasteiger partial charge on any atom is -0.456 e. The van der Waals surface area contributed by atoms with Gasteiger partial charge in [-0.2, -0.15) is 0 Å². The minimum atomic E-state index is 0.905. The Bertz CT molecular complexity index is 3550. The molecule has 0 saturated heterocycles. The molecule has 0 saturated carbocycles. The molecule has 0 unspecified atom stereocenters. The maximum absolute atomic E-state index is 6.13. The van der Waals surface area contributed by atoms with Gasteiger partial charge in [0.05, 0.1) is 0 Å². The smallest absolute Gasteiger partial charge is 0.135 e. The first-order chi connectivity index (χ1) is 30.7. The Kier molecular flexibility index (Phi) is 8.53. The van der Waals surface area contributed by atoms with Crippen LogP contribution in [0.2, 0.25) is 0 Å². The first kappa shape index (κ1) is 35.7. The van der Waals surface area contributed by atoms with Crippen LogP contribution in [-0.4, -0.2) is 0 Å². The fourth-order valence-electron chi connectivity index (χ4n) is 9.33. The van der Waals surface area contributed by atoms with Gasteiger partial charge in [-0.1, -0.05) is 176 Å². The Labute approximate surface area is 360 Å². The van der Waals surface area contributed by atoms with E-state index in [-0.39, 0.29) is 0 Å². The van der Waals surface area contributed by atoms with Crippen LogP contribution in [0.25, 0.3) is 98.8 Å². The van der Waals surface area contributed by atoms with Crippen molar-refractivity contribution < 1.29 is 4.42 Å². The van der Waals surface area contributed by atoms with Crippen LogP contribution in [0.15, 0.2) is 241 Å². The van der Waals surface area contributed by atoms with Crippen LogP contribution in [0.4, 0.5) is 17.1 Å². The van der Waals surface area contributed by atoms with E-state index in [9.17, 15) is 0 Å². The largest absolute Gasteiger partial charge is 0.456 e. The molecular weight excluding hydrogens is 751 g/mol. The second kappa shape index (κ2) is 14.8. The molecule has 1 heterocycles. The third kappa shape index (κ3) is 6.20. The number of hydrogen-bond donors (Lipinski definition) is 0. The maximum Gasteiger partial charge on any atom is 0.135 e. The molecule has 0 aliphatic heterocycles. The first-order valence-corrected chi connectivity index (χ1v) is 21.2. The van der Waals surface area contributed by atoms with E-state index in [0.29, 0.717) is 0 Å². The van der Waals surface area contributed by atoms with Crippen LogP contribution in [0, 0.1) is 0 Å². The Hall–Kier alpha value is -8.20. The number of fused-ring (bicyclic) bond motifs is 9. The van der Waals surface area contributed by atoms with Crippen molar-refractivity contribution in [3.63, 3.8) is 0 Å². The van der Waals surface area contributed by atoms with Gasteiger partial charge in [0, 0.05) is 27.8 Å². The molecule has 12 aromatic rings. The van der Waals surface area contributed by atoms with E-state index in [2.05, 4.69) is 229 Å². The van der Waals surface area contributed by atoms with Crippen molar-refractivity contribution in [3.8, 4) is 44.5 Å². The van der Waals surface area contributed by atoms with Crippen molar-refractivity contribution in [2.45, 2.75) is 0 Å². The van der Waals surface area contributed by atoms with Gasteiger partial charge in [-0.25, -0.2) is 0 Å². The standard InChI is InChI=1S/C60H39NO/c1-2-10-40(11-3-1)41-18-20-42(21-19-41)43-22-30-48(31-23-43)61(50-34-26-45(27-35-50)47-29-37-60-58(39-47)56-16-8-9-17-59(56)62-60)49-32-24-44(25-33-49)46-28-36-55-53-14-5-4-12-51(53)52-13-6-7-15-54(52)57(55)38-46/h1-39H. The van der Waals surface area contributed by atoms with E-state index in [1.807, 2.05) is 12.1 Å². The normalized spacial score (nSPS) is 11.5. The third-order valence-electron chi connectivity index (χ3n) is 12.5. The predicted octanol–water partition coefficient (Wildman–Crippen LogP) is 17.2. The molecule has 0 bridgehead atoms. The molecule has 1 aromatic heterocycles. The second-order valence-electron chi connectivity index (χ2n) is 16.1. The summed E-state index contributed by atoms with van der Waals surface area (Å²) in [7, 11) is 0.